The van der Waals surface area contributed by atoms with Crippen molar-refractivity contribution in [3.63, 3.8) is 0 Å². The third-order valence-corrected chi connectivity index (χ3v) is 3.37. The Hall–Kier alpha value is -2.35. The summed E-state index contributed by atoms with van der Waals surface area (Å²) in [7, 11) is 0. The van der Waals surface area contributed by atoms with Gasteiger partial charge in [-0.3, -0.25) is 0 Å². The number of rotatable bonds is 2. The molecule has 0 unspecified atom stereocenters. The molecule has 2 heteroatoms. The van der Waals surface area contributed by atoms with E-state index in [1.165, 1.54) is 11.1 Å². The van der Waals surface area contributed by atoms with Gasteiger partial charge < -0.3 is 4.42 Å². The van der Waals surface area contributed by atoms with Crippen LogP contribution in [0.3, 0.4) is 0 Å². The average molecular weight is 293 g/mol. The molecule has 0 fully saturated rings. The maximum absolute atomic E-state index is 5.81. The van der Waals surface area contributed by atoms with Crippen molar-refractivity contribution in [2.24, 2.45) is 0 Å². The highest BCUT2D eigenvalue weighted by Gasteiger charge is 2.14. The number of nitrogens with zero attached hydrogens (tertiary/aromatic N) is 1. The van der Waals surface area contributed by atoms with Crippen LogP contribution in [-0.2, 0) is 0 Å². The van der Waals surface area contributed by atoms with Gasteiger partial charge in [-0.25, -0.2) is 4.98 Å². The second-order valence-electron chi connectivity index (χ2n) is 5.14. The van der Waals surface area contributed by atoms with Gasteiger partial charge in [-0.15, -0.1) is 0 Å². The van der Waals surface area contributed by atoms with Crippen molar-refractivity contribution in [3.05, 3.63) is 65.5 Å². The molecule has 0 amide bonds. The fourth-order valence-corrected chi connectivity index (χ4v) is 2.23. The second kappa shape index (κ2) is 7.08. The van der Waals surface area contributed by atoms with Gasteiger partial charge in [-0.05, 0) is 13.8 Å². The Morgan fingerprint density at radius 1 is 0.682 bits per heavy atom. The number of aryl methyl sites for hydroxylation is 3. The van der Waals surface area contributed by atoms with Crippen molar-refractivity contribution >= 4 is 0 Å². The molecule has 1 heterocycles. The van der Waals surface area contributed by atoms with Crippen LogP contribution in [0.2, 0.25) is 0 Å². The van der Waals surface area contributed by atoms with E-state index in [4.69, 9.17) is 4.42 Å². The Bertz CT molecular complexity index is 658. The molecule has 2 aromatic carbocycles. The summed E-state index contributed by atoms with van der Waals surface area (Å²) in [6.07, 6.45) is 0. The first-order valence-electron chi connectivity index (χ1n) is 7.75. The smallest absolute Gasteiger partial charge is 0.192 e. The van der Waals surface area contributed by atoms with Gasteiger partial charge in [0, 0.05) is 18.1 Å². The largest absolute Gasteiger partial charge is 0.440 e. The van der Waals surface area contributed by atoms with Crippen molar-refractivity contribution in [3.8, 4) is 22.6 Å². The third-order valence-electron chi connectivity index (χ3n) is 3.37. The minimum Gasteiger partial charge on any atom is -0.440 e. The van der Waals surface area contributed by atoms with E-state index in [1.807, 2.05) is 20.8 Å². The van der Waals surface area contributed by atoms with E-state index in [1.54, 1.807) is 0 Å². The average Bonchev–Trinajstić information content (AvgIpc) is 2.93. The fraction of sp³-hybridized carbons (Fsp3) is 0.250. The summed E-state index contributed by atoms with van der Waals surface area (Å²) in [4.78, 5) is 4.54. The highest BCUT2D eigenvalue weighted by molar-refractivity contribution is 5.77. The molecule has 0 aliphatic carbocycles. The molecule has 0 spiro atoms. The van der Waals surface area contributed by atoms with Crippen LogP contribution < -0.4 is 0 Å². The lowest BCUT2D eigenvalue weighted by Crippen LogP contribution is -1.83. The molecule has 0 radical (unpaired) electrons. The van der Waals surface area contributed by atoms with E-state index in [-0.39, 0.29) is 0 Å². The van der Waals surface area contributed by atoms with Gasteiger partial charge in [0.25, 0.3) is 0 Å². The van der Waals surface area contributed by atoms with Crippen LogP contribution >= 0.6 is 0 Å². The summed E-state index contributed by atoms with van der Waals surface area (Å²) in [5, 5.41) is 0. The molecule has 0 saturated heterocycles. The molecule has 3 rings (SSSR count). The molecule has 0 aliphatic heterocycles. The molecule has 2 nitrogen and oxygen atoms in total. The molecule has 114 valence electrons. The standard InChI is InChI=1S/C18H17NO.C2H6/c1-12-4-8-15(9-5-12)17-18(20-14(3)19-17)16-10-6-13(2)7-11-16;1-2/h4-11H,1-3H3;1-2H3. The van der Waals surface area contributed by atoms with Gasteiger partial charge >= 0.3 is 0 Å². The van der Waals surface area contributed by atoms with Crippen LogP contribution in [0, 0.1) is 20.8 Å². The normalized spacial score (nSPS) is 10.0. The second-order valence-corrected chi connectivity index (χ2v) is 5.14. The van der Waals surface area contributed by atoms with Crippen LogP contribution in [0.4, 0.5) is 0 Å². The zero-order valence-electron chi connectivity index (χ0n) is 14.0. The van der Waals surface area contributed by atoms with Gasteiger partial charge in [0.1, 0.15) is 5.69 Å². The van der Waals surface area contributed by atoms with Crippen LogP contribution in [0.25, 0.3) is 22.6 Å². The Balaban J connectivity index is 0.000000847. The lowest BCUT2D eigenvalue weighted by Gasteiger charge is -2.03. The van der Waals surface area contributed by atoms with Gasteiger partial charge in [0.15, 0.2) is 11.7 Å². The van der Waals surface area contributed by atoms with Crippen LogP contribution in [0.15, 0.2) is 52.9 Å². The lowest BCUT2D eigenvalue weighted by atomic mass is 10.0. The third kappa shape index (κ3) is 3.45. The molecule has 0 bridgehead atoms. The van der Waals surface area contributed by atoms with Crippen molar-refractivity contribution in [2.75, 3.05) is 0 Å². The van der Waals surface area contributed by atoms with E-state index >= 15 is 0 Å². The topological polar surface area (TPSA) is 26.0 Å². The number of hydrogen-bond donors (Lipinski definition) is 0. The van der Waals surface area contributed by atoms with Crippen LogP contribution in [0.5, 0.6) is 0 Å². The lowest BCUT2D eigenvalue weighted by molar-refractivity contribution is 0.534. The molecule has 0 N–H and O–H groups in total. The molecule has 0 saturated carbocycles. The quantitative estimate of drug-likeness (QED) is 0.582. The van der Waals surface area contributed by atoms with Gasteiger partial charge in [-0.1, -0.05) is 73.5 Å². The Morgan fingerprint density at radius 3 is 1.64 bits per heavy atom. The first-order valence-corrected chi connectivity index (χ1v) is 7.75. The molecule has 22 heavy (non-hydrogen) atoms. The van der Waals surface area contributed by atoms with Crippen molar-refractivity contribution < 1.29 is 4.42 Å². The van der Waals surface area contributed by atoms with Crippen molar-refractivity contribution in [1.29, 1.82) is 0 Å². The van der Waals surface area contributed by atoms with Gasteiger partial charge in [0.2, 0.25) is 0 Å². The van der Waals surface area contributed by atoms with E-state index < -0.39 is 0 Å². The molecule has 1 aromatic heterocycles. The molecule has 0 aliphatic rings. The van der Waals surface area contributed by atoms with E-state index in [0.29, 0.717) is 5.89 Å². The Kier molecular flexibility index (Phi) is 5.16. The predicted molar refractivity (Wildman–Crippen MR) is 92.9 cm³/mol. The van der Waals surface area contributed by atoms with E-state index in [2.05, 4.69) is 67.4 Å². The number of benzene rings is 2. The highest BCUT2D eigenvalue weighted by atomic mass is 16.4. The molecule has 0 atom stereocenters. The number of hydrogen-bond acceptors (Lipinski definition) is 2. The number of aromatic nitrogens is 1. The van der Waals surface area contributed by atoms with E-state index in [0.717, 1.165) is 22.6 Å². The predicted octanol–water partition coefficient (Wildman–Crippen LogP) is 5.96. The fourth-order valence-electron chi connectivity index (χ4n) is 2.23. The Morgan fingerprint density at radius 2 is 1.14 bits per heavy atom. The summed E-state index contributed by atoms with van der Waals surface area (Å²) in [5.74, 6) is 1.53. The maximum atomic E-state index is 5.81. The minimum atomic E-state index is 0.691. The maximum Gasteiger partial charge on any atom is 0.192 e. The first kappa shape index (κ1) is 16.0. The summed E-state index contributed by atoms with van der Waals surface area (Å²) in [5.41, 5.74) is 5.54. The first-order chi connectivity index (χ1) is 10.6. The summed E-state index contributed by atoms with van der Waals surface area (Å²) >= 11 is 0. The van der Waals surface area contributed by atoms with Crippen molar-refractivity contribution in [2.45, 2.75) is 34.6 Å². The monoisotopic (exact) mass is 293 g/mol. The minimum absolute atomic E-state index is 0.691. The summed E-state index contributed by atoms with van der Waals surface area (Å²) in [6.45, 7) is 10.0. The zero-order valence-corrected chi connectivity index (χ0v) is 14.0. The number of oxazole rings is 1. The molecular formula is C20H23NO. The Labute approximate surface area is 132 Å². The summed E-state index contributed by atoms with van der Waals surface area (Å²) < 4.78 is 5.81. The van der Waals surface area contributed by atoms with Crippen molar-refractivity contribution in [1.82, 2.24) is 4.98 Å². The van der Waals surface area contributed by atoms with E-state index in [9.17, 15) is 0 Å². The highest BCUT2D eigenvalue weighted by Crippen LogP contribution is 2.32. The summed E-state index contributed by atoms with van der Waals surface area (Å²) in [6, 6.07) is 16.7. The zero-order chi connectivity index (χ0) is 16.1. The van der Waals surface area contributed by atoms with Gasteiger partial charge in [0.05, 0.1) is 0 Å². The molecule has 3 aromatic rings. The van der Waals surface area contributed by atoms with Crippen LogP contribution in [-0.4, -0.2) is 4.98 Å². The van der Waals surface area contributed by atoms with Gasteiger partial charge in [-0.2, -0.15) is 0 Å². The van der Waals surface area contributed by atoms with Crippen LogP contribution in [0.1, 0.15) is 30.9 Å². The molecular weight excluding hydrogens is 270 g/mol. The SMILES string of the molecule is CC.Cc1ccc(-c2nc(C)oc2-c2ccc(C)cc2)cc1.